The van der Waals surface area contributed by atoms with Crippen molar-refractivity contribution in [2.45, 2.75) is 32.9 Å². The van der Waals surface area contributed by atoms with Gasteiger partial charge in [0.05, 0.1) is 5.75 Å². The number of sulfonamides is 1. The molecule has 0 amide bonds. The molecule has 0 unspecified atom stereocenters. The molecule has 7 heteroatoms. The van der Waals surface area contributed by atoms with Crippen LogP contribution in [0.3, 0.4) is 0 Å². The predicted octanol–water partition coefficient (Wildman–Crippen LogP) is 2.99. The molecule has 2 aromatic rings. The zero-order chi connectivity index (χ0) is 15.5. The Morgan fingerprint density at radius 2 is 1.95 bits per heavy atom. The first-order valence-corrected chi connectivity index (χ1v) is 9.20. The van der Waals surface area contributed by atoms with Crippen molar-refractivity contribution >= 4 is 26.5 Å². The lowest BCUT2D eigenvalue weighted by Gasteiger charge is -2.07. The Balaban J connectivity index is 2.07. The molecule has 0 fully saturated rings. The molecule has 0 radical (unpaired) electrons. The van der Waals surface area contributed by atoms with E-state index in [4.69, 9.17) is 0 Å². The van der Waals surface area contributed by atoms with Gasteiger partial charge in [0, 0.05) is 6.42 Å². The van der Waals surface area contributed by atoms with E-state index in [-0.39, 0.29) is 5.75 Å². The molecule has 0 saturated heterocycles. The second-order valence-corrected chi connectivity index (χ2v) is 8.17. The average Bonchev–Trinajstić information content (AvgIpc) is 2.77. The standard InChI is InChI=1S/C14H19N3O2S2/c1-10(2)8-13-15-16-14(20-13)17-21(18,19)9-12-7-5-4-6-11(12)3/h4-7,10H,8-9H2,1-3H3,(H,16,17). The first-order chi connectivity index (χ1) is 9.85. The summed E-state index contributed by atoms with van der Waals surface area (Å²) >= 11 is 1.29. The van der Waals surface area contributed by atoms with Crippen molar-refractivity contribution in [1.29, 1.82) is 0 Å². The lowest BCUT2D eigenvalue weighted by atomic mass is 10.1. The summed E-state index contributed by atoms with van der Waals surface area (Å²) in [5.41, 5.74) is 1.75. The van der Waals surface area contributed by atoms with Crippen LogP contribution in [0.4, 0.5) is 5.13 Å². The Morgan fingerprint density at radius 1 is 1.24 bits per heavy atom. The molecule has 1 heterocycles. The minimum Gasteiger partial charge on any atom is -0.257 e. The predicted molar refractivity (Wildman–Crippen MR) is 85.9 cm³/mol. The van der Waals surface area contributed by atoms with Gasteiger partial charge in [0.15, 0.2) is 0 Å². The number of benzene rings is 1. The van der Waals surface area contributed by atoms with Gasteiger partial charge in [0.1, 0.15) is 5.01 Å². The molecule has 114 valence electrons. The first kappa shape index (κ1) is 15.9. The quantitative estimate of drug-likeness (QED) is 0.886. The van der Waals surface area contributed by atoms with Crippen LogP contribution in [0.2, 0.25) is 0 Å². The third-order valence-electron chi connectivity index (χ3n) is 2.90. The second kappa shape index (κ2) is 6.53. The summed E-state index contributed by atoms with van der Waals surface area (Å²) in [7, 11) is -3.47. The largest absolute Gasteiger partial charge is 0.257 e. The van der Waals surface area contributed by atoms with E-state index < -0.39 is 10.0 Å². The second-order valence-electron chi connectivity index (χ2n) is 5.39. The Kier molecular flexibility index (Phi) is 4.95. The molecular weight excluding hydrogens is 306 g/mol. The number of hydrogen-bond donors (Lipinski definition) is 1. The van der Waals surface area contributed by atoms with Gasteiger partial charge in [-0.05, 0) is 24.0 Å². The lowest BCUT2D eigenvalue weighted by Crippen LogP contribution is -2.15. The molecule has 5 nitrogen and oxygen atoms in total. The zero-order valence-electron chi connectivity index (χ0n) is 12.3. The first-order valence-electron chi connectivity index (χ1n) is 6.73. The number of hydrogen-bond acceptors (Lipinski definition) is 5. The highest BCUT2D eigenvalue weighted by Gasteiger charge is 2.16. The van der Waals surface area contributed by atoms with Gasteiger partial charge in [-0.3, -0.25) is 4.72 Å². The number of nitrogens with zero attached hydrogens (tertiary/aromatic N) is 2. The topological polar surface area (TPSA) is 72.0 Å². The lowest BCUT2D eigenvalue weighted by molar-refractivity contribution is 0.600. The van der Waals surface area contributed by atoms with E-state index in [9.17, 15) is 8.42 Å². The van der Waals surface area contributed by atoms with Gasteiger partial charge >= 0.3 is 0 Å². The van der Waals surface area contributed by atoms with E-state index in [1.807, 2.05) is 31.2 Å². The average molecular weight is 325 g/mol. The van der Waals surface area contributed by atoms with Gasteiger partial charge in [-0.15, -0.1) is 10.2 Å². The summed E-state index contributed by atoms with van der Waals surface area (Å²) in [6, 6.07) is 7.45. The normalized spacial score (nSPS) is 11.8. The maximum atomic E-state index is 12.2. The van der Waals surface area contributed by atoms with Gasteiger partial charge in [-0.25, -0.2) is 8.42 Å². The molecule has 0 aliphatic carbocycles. The highest BCUT2D eigenvalue weighted by molar-refractivity contribution is 7.92. The van der Waals surface area contributed by atoms with Crippen LogP contribution in [0.5, 0.6) is 0 Å². The Bertz CT molecular complexity index is 709. The van der Waals surface area contributed by atoms with Crippen LogP contribution in [-0.2, 0) is 22.2 Å². The van der Waals surface area contributed by atoms with E-state index >= 15 is 0 Å². The molecule has 0 spiro atoms. The van der Waals surface area contributed by atoms with E-state index in [0.717, 1.165) is 22.6 Å². The molecule has 1 aromatic carbocycles. The van der Waals surface area contributed by atoms with Crippen LogP contribution in [0, 0.1) is 12.8 Å². The molecular formula is C14H19N3O2S2. The monoisotopic (exact) mass is 325 g/mol. The highest BCUT2D eigenvalue weighted by Crippen LogP contribution is 2.20. The highest BCUT2D eigenvalue weighted by atomic mass is 32.2. The van der Waals surface area contributed by atoms with Crippen LogP contribution in [0.25, 0.3) is 0 Å². The van der Waals surface area contributed by atoms with Crippen LogP contribution in [0.1, 0.15) is 30.0 Å². The minimum absolute atomic E-state index is 0.0568. The van der Waals surface area contributed by atoms with Crippen LogP contribution in [-0.4, -0.2) is 18.6 Å². The van der Waals surface area contributed by atoms with Gasteiger partial charge in [0.2, 0.25) is 15.2 Å². The molecule has 1 aromatic heterocycles. The molecule has 1 N–H and O–H groups in total. The summed E-state index contributed by atoms with van der Waals surface area (Å²) in [6.45, 7) is 6.07. The SMILES string of the molecule is Cc1ccccc1CS(=O)(=O)Nc1nnc(CC(C)C)s1. The van der Waals surface area contributed by atoms with Crippen LogP contribution in [0.15, 0.2) is 24.3 Å². The van der Waals surface area contributed by atoms with Gasteiger partial charge in [-0.1, -0.05) is 49.4 Å². The summed E-state index contributed by atoms with van der Waals surface area (Å²) in [5, 5.41) is 9.08. The number of aromatic nitrogens is 2. The van der Waals surface area contributed by atoms with E-state index in [1.165, 1.54) is 11.3 Å². The molecule has 0 bridgehead atoms. The molecule has 0 atom stereocenters. The van der Waals surface area contributed by atoms with Crippen molar-refractivity contribution in [3.8, 4) is 0 Å². The van der Waals surface area contributed by atoms with Crippen molar-refractivity contribution in [3.63, 3.8) is 0 Å². The van der Waals surface area contributed by atoms with Crippen molar-refractivity contribution in [1.82, 2.24) is 10.2 Å². The van der Waals surface area contributed by atoms with Crippen molar-refractivity contribution in [2.24, 2.45) is 5.92 Å². The fourth-order valence-electron chi connectivity index (χ4n) is 1.87. The van der Waals surface area contributed by atoms with Crippen molar-refractivity contribution < 1.29 is 8.42 Å². The van der Waals surface area contributed by atoms with Crippen molar-refractivity contribution in [2.75, 3.05) is 4.72 Å². The zero-order valence-corrected chi connectivity index (χ0v) is 14.0. The third kappa shape index (κ3) is 4.78. The maximum Gasteiger partial charge on any atom is 0.238 e. The fourth-order valence-corrected chi connectivity index (χ4v) is 4.34. The Hall–Kier alpha value is -1.47. The van der Waals surface area contributed by atoms with Gasteiger partial charge in [-0.2, -0.15) is 0 Å². The minimum atomic E-state index is -3.47. The molecule has 0 aliphatic rings. The molecule has 21 heavy (non-hydrogen) atoms. The number of aryl methyl sites for hydroxylation is 1. The molecule has 2 rings (SSSR count). The summed E-state index contributed by atoms with van der Waals surface area (Å²) in [5.74, 6) is 0.410. The number of anilines is 1. The smallest absolute Gasteiger partial charge is 0.238 e. The summed E-state index contributed by atoms with van der Waals surface area (Å²) in [6.07, 6.45) is 0.803. The molecule has 0 aliphatic heterocycles. The van der Waals surface area contributed by atoms with Crippen LogP contribution < -0.4 is 4.72 Å². The maximum absolute atomic E-state index is 12.2. The van der Waals surface area contributed by atoms with Gasteiger partial charge in [0.25, 0.3) is 0 Å². The van der Waals surface area contributed by atoms with E-state index in [0.29, 0.717) is 11.0 Å². The Labute approximate surface area is 129 Å². The summed E-state index contributed by atoms with van der Waals surface area (Å²) < 4.78 is 26.9. The van der Waals surface area contributed by atoms with E-state index in [2.05, 4.69) is 28.8 Å². The fraction of sp³-hybridized carbons (Fsp3) is 0.429. The molecule has 0 saturated carbocycles. The van der Waals surface area contributed by atoms with Gasteiger partial charge < -0.3 is 0 Å². The summed E-state index contributed by atoms with van der Waals surface area (Å²) in [4.78, 5) is 0. The van der Waals surface area contributed by atoms with Crippen molar-refractivity contribution in [3.05, 3.63) is 40.4 Å². The van der Waals surface area contributed by atoms with E-state index in [1.54, 1.807) is 0 Å². The number of rotatable bonds is 6. The Morgan fingerprint density at radius 3 is 2.62 bits per heavy atom. The third-order valence-corrected chi connectivity index (χ3v) is 5.08. The van der Waals surface area contributed by atoms with Crippen LogP contribution >= 0.6 is 11.3 Å². The number of nitrogens with one attached hydrogen (secondary N) is 1.